The first-order chi connectivity index (χ1) is 12.5. The maximum absolute atomic E-state index is 12.3. The Morgan fingerprint density at radius 1 is 1.27 bits per heavy atom. The number of anilines is 1. The summed E-state index contributed by atoms with van der Waals surface area (Å²) in [6.07, 6.45) is 0.569. The lowest BCUT2D eigenvalue weighted by molar-refractivity contribution is -0.384. The lowest BCUT2D eigenvalue weighted by Gasteiger charge is -2.24. The van der Waals surface area contributed by atoms with Crippen LogP contribution < -0.4 is 15.4 Å². The van der Waals surface area contributed by atoms with Crippen LogP contribution in [0.1, 0.15) is 5.56 Å². The van der Waals surface area contributed by atoms with Crippen LogP contribution in [0.25, 0.3) is 0 Å². The molecule has 1 atom stereocenters. The number of para-hydroxylation sites is 2. The van der Waals surface area contributed by atoms with E-state index in [1.807, 2.05) is 12.1 Å². The van der Waals surface area contributed by atoms with Crippen molar-refractivity contribution in [1.82, 2.24) is 5.32 Å². The highest BCUT2D eigenvalue weighted by atomic mass is 35.5. The smallest absolute Gasteiger partial charge is 0.292 e. The van der Waals surface area contributed by atoms with Gasteiger partial charge < -0.3 is 15.4 Å². The molecule has 1 heterocycles. The number of amides is 1. The van der Waals surface area contributed by atoms with Crippen LogP contribution in [0.15, 0.2) is 42.5 Å². The average molecular weight is 376 g/mol. The van der Waals surface area contributed by atoms with Crippen molar-refractivity contribution in [3.05, 3.63) is 63.2 Å². The summed E-state index contributed by atoms with van der Waals surface area (Å²) in [6, 6.07) is 11.8. The number of benzene rings is 2. The van der Waals surface area contributed by atoms with Gasteiger partial charge in [0.15, 0.2) is 0 Å². The van der Waals surface area contributed by atoms with Crippen LogP contribution in [-0.2, 0) is 11.2 Å². The van der Waals surface area contributed by atoms with Gasteiger partial charge in [-0.15, -0.1) is 0 Å². The highest BCUT2D eigenvalue weighted by Gasteiger charge is 2.25. The van der Waals surface area contributed by atoms with Gasteiger partial charge in [0.25, 0.3) is 5.69 Å². The van der Waals surface area contributed by atoms with E-state index in [0.717, 1.165) is 11.3 Å². The molecule has 0 radical (unpaired) electrons. The van der Waals surface area contributed by atoms with E-state index in [2.05, 4.69) is 10.6 Å². The zero-order chi connectivity index (χ0) is 18.5. The third-order valence-electron chi connectivity index (χ3n) is 4.14. The van der Waals surface area contributed by atoms with Gasteiger partial charge in [-0.2, -0.15) is 0 Å². The standard InChI is InChI=1S/C18H18ClN3O4/c19-14-5-6-17-12(10-14)9-13(11-26-17)18(23)21-8-7-20-15-3-1-2-4-16(15)22(24)25/h1-6,10,13,20H,7-9,11H2,(H,21,23)/t13-/m0/s1. The van der Waals surface area contributed by atoms with Crippen LogP contribution in [0.2, 0.25) is 5.02 Å². The minimum atomic E-state index is -0.442. The summed E-state index contributed by atoms with van der Waals surface area (Å²) < 4.78 is 5.62. The summed E-state index contributed by atoms with van der Waals surface area (Å²) in [7, 11) is 0. The normalized spacial score (nSPS) is 15.5. The van der Waals surface area contributed by atoms with E-state index in [0.29, 0.717) is 36.8 Å². The largest absolute Gasteiger partial charge is 0.492 e. The van der Waals surface area contributed by atoms with Gasteiger partial charge in [-0.3, -0.25) is 14.9 Å². The zero-order valence-electron chi connectivity index (χ0n) is 13.9. The van der Waals surface area contributed by atoms with Gasteiger partial charge in [0, 0.05) is 24.2 Å². The minimum Gasteiger partial charge on any atom is -0.492 e. The molecule has 1 aliphatic heterocycles. The number of fused-ring (bicyclic) bond motifs is 1. The Morgan fingerprint density at radius 3 is 2.88 bits per heavy atom. The molecule has 0 spiro atoms. The molecule has 2 aromatic carbocycles. The zero-order valence-corrected chi connectivity index (χ0v) is 14.7. The van der Waals surface area contributed by atoms with Crippen molar-refractivity contribution in [2.75, 3.05) is 25.0 Å². The summed E-state index contributed by atoms with van der Waals surface area (Å²) in [5.41, 5.74) is 1.35. The second kappa shape index (κ2) is 8.05. The molecule has 1 aliphatic rings. The number of hydrogen-bond acceptors (Lipinski definition) is 5. The number of rotatable bonds is 6. The molecular formula is C18H18ClN3O4. The number of carbonyl (C=O) groups excluding carboxylic acids is 1. The fourth-order valence-corrected chi connectivity index (χ4v) is 3.04. The molecule has 3 rings (SSSR count). The van der Waals surface area contributed by atoms with Crippen LogP contribution in [0.5, 0.6) is 5.75 Å². The minimum absolute atomic E-state index is 0.00740. The van der Waals surface area contributed by atoms with Gasteiger partial charge in [-0.25, -0.2) is 0 Å². The lowest BCUT2D eigenvalue weighted by atomic mass is 9.96. The van der Waals surface area contributed by atoms with E-state index in [9.17, 15) is 14.9 Å². The molecule has 2 N–H and O–H groups in total. The fourth-order valence-electron chi connectivity index (χ4n) is 2.84. The van der Waals surface area contributed by atoms with Gasteiger partial charge in [-0.05, 0) is 36.2 Å². The number of nitrogens with one attached hydrogen (secondary N) is 2. The van der Waals surface area contributed by atoms with Gasteiger partial charge >= 0.3 is 0 Å². The van der Waals surface area contributed by atoms with Crippen molar-refractivity contribution >= 4 is 28.9 Å². The first kappa shape index (κ1) is 18.0. The molecule has 7 nitrogen and oxygen atoms in total. The van der Waals surface area contributed by atoms with Crippen LogP contribution >= 0.6 is 11.6 Å². The highest BCUT2D eigenvalue weighted by molar-refractivity contribution is 6.30. The molecule has 8 heteroatoms. The Morgan fingerprint density at radius 2 is 2.08 bits per heavy atom. The number of ether oxygens (including phenoxy) is 1. The SMILES string of the molecule is O=C(NCCNc1ccccc1[N+](=O)[O-])[C@@H]1COc2ccc(Cl)cc2C1. The molecular weight excluding hydrogens is 358 g/mol. The van der Waals surface area contributed by atoms with Crippen molar-refractivity contribution in [3.63, 3.8) is 0 Å². The summed E-state index contributed by atoms with van der Waals surface area (Å²) in [5.74, 6) is 0.364. The van der Waals surface area contributed by atoms with E-state index < -0.39 is 4.92 Å². The van der Waals surface area contributed by atoms with Crippen molar-refractivity contribution in [2.24, 2.45) is 5.92 Å². The molecule has 0 unspecified atom stereocenters. The maximum atomic E-state index is 12.3. The summed E-state index contributed by atoms with van der Waals surface area (Å²) in [6.45, 7) is 1.05. The molecule has 0 bridgehead atoms. The maximum Gasteiger partial charge on any atom is 0.292 e. The molecule has 2 aromatic rings. The van der Waals surface area contributed by atoms with E-state index >= 15 is 0 Å². The third-order valence-corrected chi connectivity index (χ3v) is 4.38. The van der Waals surface area contributed by atoms with E-state index in [1.165, 1.54) is 6.07 Å². The van der Waals surface area contributed by atoms with Gasteiger partial charge in [0.05, 0.1) is 10.8 Å². The predicted octanol–water partition coefficient (Wildman–Crippen LogP) is 3.03. The topological polar surface area (TPSA) is 93.5 Å². The lowest BCUT2D eigenvalue weighted by Crippen LogP contribution is -2.39. The van der Waals surface area contributed by atoms with Crippen molar-refractivity contribution in [1.29, 1.82) is 0 Å². The second-order valence-corrected chi connectivity index (χ2v) is 6.39. The fraction of sp³-hybridized carbons (Fsp3) is 0.278. The summed E-state index contributed by atoms with van der Waals surface area (Å²) in [4.78, 5) is 22.8. The predicted molar refractivity (Wildman–Crippen MR) is 98.7 cm³/mol. The van der Waals surface area contributed by atoms with E-state index in [1.54, 1.807) is 24.3 Å². The Labute approximate surface area is 155 Å². The monoisotopic (exact) mass is 375 g/mol. The Balaban J connectivity index is 1.49. The second-order valence-electron chi connectivity index (χ2n) is 5.96. The van der Waals surface area contributed by atoms with E-state index in [-0.39, 0.29) is 17.5 Å². The third kappa shape index (κ3) is 4.23. The molecule has 1 amide bonds. The van der Waals surface area contributed by atoms with Crippen molar-refractivity contribution in [3.8, 4) is 5.75 Å². The van der Waals surface area contributed by atoms with Crippen molar-refractivity contribution < 1.29 is 14.5 Å². The molecule has 0 fully saturated rings. The number of nitro benzene ring substituents is 1. The van der Waals surface area contributed by atoms with Gasteiger partial charge in [-0.1, -0.05) is 23.7 Å². The molecule has 0 saturated carbocycles. The van der Waals surface area contributed by atoms with Crippen LogP contribution in [0, 0.1) is 16.0 Å². The Hall–Kier alpha value is -2.80. The number of halogens is 1. The molecule has 136 valence electrons. The van der Waals surface area contributed by atoms with Crippen LogP contribution in [0.4, 0.5) is 11.4 Å². The number of nitrogens with zero attached hydrogens (tertiary/aromatic N) is 1. The first-order valence-electron chi connectivity index (χ1n) is 8.21. The molecule has 0 aliphatic carbocycles. The quantitative estimate of drug-likeness (QED) is 0.460. The number of carbonyl (C=O) groups is 1. The molecule has 26 heavy (non-hydrogen) atoms. The summed E-state index contributed by atoms with van der Waals surface area (Å²) in [5, 5.41) is 17.4. The Kier molecular flexibility index (Phi) is 5.58. The van der Waals surface area contributed by atoms with Gasteiger partial charge in [0.1, 0.15) is 18.0 Å². The molecule has 0 saturated heterocycles. The van der Waals surface area contributed by atoms with E-state index in [4.69, 9.17) is 16.3 Å². The van der Waals surface area contributed by atoms with Crippen LogP contribution in [-0.4, -0.2) is 30.5 Å². The van der Waals surface area contributed by atoms with Gasteiger partial charge in [0.2, 0.25) is 5.91 Å². The highest BCUT2D eigenvalue weighted by Crippen LogP contribution is 2.29. The first-order valence-corrected chi connectivity index (χ1v) is 8.58. The number of nitro groups is 1. The Bertz CT molecular complexity index is 828. The van der Waals surface area contributed by atoms with Crippen LogP contribution in [0.3, 0.4) is 0 Å². The number of hydrogen-bond donors (Lipinski definition) is 2. The van der Waals surface area contributed by atoms with Crippen molar-refractivity contribution in [2.45, 2.75) is 6.42 Å². The molecule has 0 aromatic heterocycles. The summed E-state index contributed by atoms with van der Waals surface area (Å²) >= 11 is 5.99. The average Bonchev–Trinajstić information content (AvgIpc) is 2.64.